The second kappa shape index (κ2) is 2.46. The SMILES string of the molecule is COC1C(C(=O)O)C12CCCC2. The van der Waals surface area contributed by atoms with Gasteiger partial charge in [-0.15, -0.1) is 0 Å². The van der Waals surface area contributed by atoms with Crippen molar-refractivity contribution in [1.82, 2.24) is 0 Å². The van der Waals surface area contributed by atoms with Crippen LogP contribution in [0.3, 0.4) is 0 Å². The van der Waals surface area contributed by atoms with Crippen LogP contribution in [0.5, 0.6) is 0 Å². The zero-order valence-electron chi connectivity index (χ0n) is 7.25. The molecule has 0 heterocycles. The molecule has 2 saturated carbocycles. The maximum Gasteiger partial charge on any atom is 0.309 e. The summed E-state index contributed by atoms with van der Waals surface area (Å²) in [6, 6.07) is 0. The smallest absolute Gasteiger partial charge is 0.309 e. The Morgan fingerprint density at radius 2 is 2.08 bits per heavy atom. The highest BCUT2D eigenvalue weighted by Gasteiger charge is 2.69. The molecule has 0 bridgehead atoms. The fourth-order valence-corrected chi connectivity index (χ4v) is 2.83. The second-order valence-corrected chi connectivity index (χ2v) is 3.91. The van der Waals surface area contributed by atoms with E-state index in [-0.39, 0.29) is 17.4 Å². The van der Waals surface area contributed by atoms with E-state index in [1.165, 1.54) is 12.8 Å². The first-order valence-corrected chi connectivity index (χ1v) is 4.48. The van der Waals surface area contributed by atoms with E-state index >= 15 is 0 Å². The van der Waals surface area contributed by atoms with Crippen LogP contribution < -0.4 is 0 Å². The number of carboxylic acids is 1. The van der Waals surface area contributed by atoms with Crippen molar-refractivity contribution in [2.75, 3.05) is 7.11 Å². The molecule has 2 atom stereocenters. The maximum atomic E-state index is 10.8. The highest BCUT2D eigenvalue weighted by atomic mass is 16.5. The molecule has 0 aromatic heterocycles. The van der Waals surface area contributed by atoms with E-state index in [0.29, 0.717) is 0 Å². The van der Waals surface area contributed by atoms with Crippen molar-refractivity contribution >= 4 is 5.97 Å². The highest BCUT2D eigenvalue weighted by molar-refractivity contribution is 5.76. The van der Waals surface area contributed by atoms with Gasteiger partial charge in [-0.05, 0) is 12.8 Å². The van der Waals surface area contributed by atoms with E-state index in [0.717, 1.165) is 12.8 Å². The molecule has 2 aliphatic rings. The molecule has 0 amide bonds. The van der Waals surface area contributed by atoms with Crippen molar-refractivity contribution in [2.45, 2.75) is 31.8 Å². The van der Waals surface area contributed by atoms with Crippen LogP contribution in [0.25, 0.3) is 0 Å². The summed E-state index contributed by atoms with van der Waals surface area (Å²) in [7, 11) is 1.62. The molecule has 0 aliphatic heterocycles. The molecule has 2 aliphatic carbocycles. The number of methoxy groups -OCH3 is 1. The summed E-state index contributed by atoms with van der Waals surface area (Å²) in [5, 5.41) is 8.90. The fraction of sp³-hybridized carbons (Fsp3) is 0.889. The Labute approximate surface area is 71.7 Å². The first kappa shape index (κ1) is 8.05. The molecule has 3 nitrogen and oxygen atoms in total. The summed E-state index contributed by atoms with van der Waals surface area (Å²) < 4.78 is 5.19. The molecule has 0 saturated heterocycles. The van der Waals surface area contributed by atoms with Gasteiger partial charge < -0.3 is 9.84 Å². The van der Waals surface area contributed by atoms with Crippen LogP contribution >= 0.6 is 0 Å². The van der Waals surface area contributed by atoms with E-state index in [4.69, 9.17) is 9.84 Å². The molecular formula is C9H14O3. The zero-order valence-corrected chi connectivity index (χ0v) is 7.25. The van der Waals surface area contributed by atoms with Crippen molar-refractivity contribution in [3.8, 4) is 0 Å². The second-order valence-electron chi connectivity index (χ2n) is 3.91. The number of hydrogen-bond acceptors (Lipinski definition) is 2. The van der Waals surface area contributed by atoms with Gasteiger partial charge in [0.2, 0.25) is 0 Å². The van der Waals surface area contributed by atoms with Gasteiger partial charge >= 0.3 is 5.97 Å². The fourth-order valence-electron chi connectivity index (χ4n) is 2.83. The van der Waals surface area contributed by atoms with E-state index in [1.54, 1.807) is 7.11 Å². The molecule has 1 N–H and O–H groups in total. The molecule has 0 aromatic carbocycles. The summed E-state index contributed by atoms with van der Waals surface area (Å²) in [5.74, 6) is -0.895. The Morgan fingerprint density at radius 1 is 1.50 bits per heavy atom. The van der Waals surface area contributed by atoms with Crippen molar-refractivity contribution in [3.63, 3.8) is 0 Å². The van der Waals surface area contributed by atoms with Crippen LogP contribution in [-0.2, 0) is 9.53 Å². The summed E-state index contributed by atoms with van der Waals surface area (Å²) >= 11 is 0. The number of ether oxygens (including phenoxy) is 1. The van der Waals surface area contributed by atoms with Gasteiger partial charge in [-0.25, -0.2) is 0 Å². The lowest BCUT2D eigenvalue weighted by molar-refractivity contribution is -0.140. The molecule has 1 spiro atoms. The first-order chi connectivity index (χ1) is 5.72. The van der Waals surface area contributed by atoms with Crippen molar-refractivity contribution in [3.05, 3.63) is 0 Å². The van der Waals surface area contributed by atoms with Gasteiger partial charge in [0.25, 0.3) is 0 Å². The Hall–Kier alpha value is -0.570. The van der Waals surface area contributed by atoms with E-state index in [2.05, 4.69) is 0 Å². The standard InChI is InChI=1S/C9H14O3/c1-12-7-6(8(10)11)9(7)4-2-3-5-9/h6-7H,2-5H2,1H3,(H,10,11). The normalized spacial score (nSPS) is 37.1. The van der Waals surface area contributed by atoms with Gasteiger partial charge in [-0.1, -0.05) is 12.8 Å². The van der Waals surface area contributed by atoms with Gasteiger partial charge in [0.15, 0.2) is 0 Å². The Bertz CT molecular complexity index is 206. The van der Waals surface area contributed by atoms with Crippen LogP contribution in [0.4, 0.5) is 0 Å². The monoisotopic (exact) mass is 170 g/mol. The molecule has 68 valence electrons. The Morgan fingerprint density at radius 3 is 2.42 bits per heavy atom. The van der Waals surface area contributed by atoms with Crippen LogP contribution in [0, 0.1) is 11.3 Å². The quantitative estimate of drug-likeness (QED) is 0.679. The van der Waals surface area contributed by atoms with Crippen LogP contribution in [0.15, 0.2) is 0 Å². The number of hydrogen-bond donors (Lipinski definition) is 1. The lowest BCUT2D eigenvalue weighted by Crippen LogP contribution is -2.06. The topological polar surface area (TPSA) is 46.5 Å². The average Bonchev–Trinajstić information content (AvgIpc) is 2.34. The van der Waals surface area contributed by atoms with Gasteiger partial charge in [-0.2, -0.15) is 0 Å². The van der Waals surface area contributed by atoms with Gasteiger partial charge in [0.05, 0.1) is 12.0 Å². The molecule has 0 radical (unpaired) electrons. The summed E-state index contributed by atoms with van der Waals surface area (Å²) in [6.45, 7) is 0. The molecule has 0 aromatic rings. The number of carbonyl (C=O) groups is 1. The van der Waals surface area contributed by atoms with E-state index in [1.807, 2.05) is 0 Å². The number of carboxylic acid groups (broad SMARTS) is 1. The lowest BCUT2D eigenvalue weighted by atomic mass is 10.0. The predicted molar refractivity (Wildman–Crippen MR) is 42.8 cm³/mol. The molecule has 3 heteroatoms. The zero-order chi connectivity index (χ0) is 8.77. The third kappa shape index (κ3) is 0.829. The highest BCUT2D eigenvalue weighted by Crippen LogP contribution is 2.64. The van der Waals surface area contributed by atoms with Crippen molar-refractivity contribution in [1.29, 1.82) is 0 Å². The van der Waals surface area contributed by atoms with Gasteiger partial charge in [0, 0.05) is 12.5 Å². The molecule has 2 fully saturated rings. The summed E-state index contributed by atoms with van der Waals surface area (Å²) in [6.07, 6.45) is 4.43. The number of rotatable bonds is 2. The van der Waals surface area contributed by atoms with Gasteiger partial charge in [0.1, 0.15) is 0 Å². The van der Waals surface area contributed by atoms with Crippen molar-refractivity contribution in [2.24, 2.45) is 11.3 Å². The van der Waals surface area contributed by atoms with Gasteiger partial charge in [-0.3, -0.25) is 4.79 Å². The summed E-state index contributed by atoms with van der Waals surface area (Å²) in [4.78, 5) is 10.8. The van der Waals surface area contributed by atoms with Crippen LogP contribution in [0.1, 0.15) is 25.7 Å². The third-order valence-corrected chi connectivity index (χ3v) is 3.43. The molecular weight excluding hydrogens is 156 g/mol. The summed E-state index contributed by atoms with van der Waals surface area (Å²) in [5.41, 5.74) is 0.0284. The van der Waals surface area contributed by atoms with E-state index in [9.17, 15) is 4.79 Å². The number of aliphatic carboxylic acids is 1. The molecule has 2 unspecified atom stereocenters. The Kier molecular flexibility index (Phi) is 1.65. The largest absolute Gasteiger partial charge is 0.481 e. The van der Waals surface area contributed by atoms with Crippen LogP contribution in [0.2, 0.25) is 0 Å². The lowest BCUT2D eigenvalue weighted by Gasteiger charge is -2.04. The van der Waals surface area contributed by atoms with Crippen molar-refractivity contribution < 1.29 is 14.6 Å². The van der Waals surface area contributed by atoms with Crippen LogP contribution in [-0.4, -0.2) is 24.3 Å². The first-order valence-electron chi connectivity index (χ1n) is 4.48. The van der Waals surface area contributed by atoms with E-state index < -0.39 is 5.97 Å². The minimum Gasteiger partial charge on any atom is -0.481 e. The minimum absolute atomic E-state index is 0.00231. The molecule has 2 rings (SSSR count). The maximum absolute atomic E-state index is 10.8. The average molecular weight is 170 g/mol. The Balaban J connectivity index is 2.12. The minimum atomic E-state index is -0.677. The predicted octanol–water partition coefficient (Wildman–Crippen LogP) is 1.28. The third-order valence-electron chi connectivity index (χ3n) is 3.43. The molecule has 12 heavy (non-hydrogen) atoms.